The van der Waals surface area contributed by atoms with Gasteiger partial charge in [-0.3, -0.25) is 14.4 Å². The smallest absolute Gasteiger partial charge is 0.253 e. The van der Waals surface area contributed by atoms with Gasteiger partial charge in [0.15, 0.2) is 0 Å². The zero-order chi connectivity index (χ0) is 21.2. The van der Waals surface area contributed by atoms with Crippen LogP contribution in [0.1, 0.15) is 20.7 Å². The molecule has 0 bridgehead atoms. The fraction of sp³-hybridized carbons (Fsp3) is 0.286. The normalized spacial score (nSPS) is 10.2. The number of methoxy groups -OCH3 is 1. The summed E-state index contributed by atoms with van der Waals surface area (Å²) in [6.45, 7) is 0.872. The second kappa shape index (κ2) is 10.8. The summed E-state index contributed by atoms with van der Waals surface area (Å²) in [4.78, 5) is 37.8. The molecule has 0 unspecified atom stereocenters. The van der Waals surface area contributed by atoms with Gasteiger partial charge in [0, 0.05) is 50.3 Å². The summed E-state index contributed by atoms with van der Waals surface area (Å²) in [5, 5.41) is 8.49. The number of carbonyl (C=O) groups is 3. The molecule has 3 N–H and O–H groups in total. The summed E-state index contributed by atoms with van der Waals surface area (Å²) in [6, 6.07) is 13.6. The molecule has 154 valence electrons. The van der Waals surface area contributed by atoms with Crippen LogP contribution in [0.4, 0.5) is 11.4 Å². The van der Waals surface area contributed by atoms with Crippen LogP contribution in [0.15, 0.2) is 48.5 Å². The number of rotatable bonds is 9. The molecule has 29 heavy (non-hydrogen) atoms. The molecule has 3 amide bonds. The quantitative estimate of drug-likeness (QED) is 0.560. The Morgan fingerprint density at radius 1 is 0.966 bits per heavy atom. The lowest BCUT2D eigenvalue weighted by Crippen LogP contribution is -2.27. The Bertz CT molecular complexity index is 867. The average molecular weight is 398 g/mol. The SMILES string of the molecule is COCCNC(=O)c1cccc(NCC(=O)Nc2cccc(C(=O)N(C)C)c2)c1. The van der Waals surface area contributed by atoms with Crippen molar-refractivity contribution < 1.29 is 19.1 Å². The summed E-state index contributed by atoms with van der Waals surface area (Å²) in [5.74, 6) is -0.619. The molecule has 2 aromatic rings. The van der Waals surface area contributed by atoms with Crippen LogP contribution in [0.3, 0.4) is 0 Å². The van der Waals surface area contributed by atoms with E-state index in [4.69, 9.17) is 4.74 Å². The lowest BCUT2D eigenvalue weighted by atomic mass is 10.1. The molecule has 0 fully saturated rings. The number of hydrogen-bond acceptors (Lipinski definition) is 5. The van der Waals surface area contributed by atoms with E-state index in [0.717, 1.165) is 0 Å². The molecule has 8 nitrogen and oxygen atoms in total. The number of amides is 3. The van der Waals surface area contributed by atoms with Gasteiger partial charge >= 0.3 is 0 Å². The zero-order valence-electron chi connectivity index (χ0n) is 16.8. The van der Waals surface area contributed by atoms with Gasteiger partial charge in [-0.25, -0.2) is 0 Å². The number of anilines is 2. The van der Waals surface area contributed by atoms with Gasteiger partial charge < -0.3 is 25.6 Å². The lowest BCUT2D eigenvalue weighted by Gasteiger charge is -2.12. The molecule has 0 aliphatic rings. The number of ether oxygens (including phenoxy) is 1. The van der Waals surface area contributed by atoms with Gasteiger partial charge in [0.25, 0.3) is 11.8 Å². The van der Waals surface area contributed by atoms with E-state index in [1.165, 1.54) is 4.90 Å². The van der Waals surface area contributed by atoms with Crippen molar-refractivity contribution in [1.82, 2.24) is 10.2 Å². The lowest BCUT2D eigenvalue weighted by molar-refractivity contribution is -0.114. The molecule has 8 heteroatoms. The van der Waals surface area contributed by atoms with Crippen molar-refractivity contribution in [3.63, 3.8) is 0 Å². The minimum atomic E-state index is -0.269. The number of nitrogens with zero attached hydrogens (tertiary/aromatic N) is 1. The van der Waals surface area contributed by atoms with E-state index in [1.807, 2.05) is 0 Å². The molecular formula is C21H26N4O4. The van der Waals surface area contributed by atoms with Crippen molar-refractivity contribution in [2.45, 2.75) is 0 Å². The highest BCUT2D eigenvalue weighted by atomic mass is 16.5. The van der Waals surface area contributed by atoms with Gasteiger partial charge in [0.2, 0.25) is 5.91 Å². The third kappa shape index (κ3) is 6.93. The minimum absolute atomic E-state index is 0.0145. The van der Waals surface area contributed by atoms with Gasteiger partial charge in [-0.2, -0.15) is 0 Å². The van der Waals surface area contributed by atoms with E-state index >= 15 is 0 Å². The van der Waals surface area contributed by atoms with Crippen molar-refractivity contribution >= 4 is 29.1 Å². The Hall–Kier alpha value is -3.39. The van der Waals surface area contributed by atoms with Crippen LogP contribution >= 0.6 is 0 Å². The van der Waals surface area contributed by atoms with Crippen molar-refractivity contribution in [3.05, 3.63) is 59.7 Å². The van der Waals surface area contributed by atoms with Crippen molar-refractivity contribution in [2.75, 3.05) is 51.5 Å². The third-order valence-electron chi connectivity index (χ3n) is 3.97. The molecular weight excluding hydrogens is 372 g/mol. The van der Waals surface area contributed by atoms with E-state index in [-0.39, 0.29) is 24.3 Å². The maximum Gasteiger partial charge on any atom is 0.253 e. The number of carbonyl (C=O) groups excluding carboxylic acids is 3. The Morgan fingerprint density at radius 3 is 2.31 bits per heavy atom. The minimum Gasteiger partial charge on any atom is -0.383 e. The summed E-state index contributed by atoms with van der Waals surface area (Å²) in [6.07, 6.45) is 0. The highest BCUT2D eigenvalue weighted by molar-refractivity contribution is 5.98. The Morgan fingerprint density at radius 2 is 1.62 bits per heavy atom. The summed E-state index contributed by atoms with van der Waals surface area (Å²) >= 11 is 0. The van der Waals surface area contributed by atoms with Gasteiger partial charge in [-0.1, -0.05) is 12.1 Å². The monoisotopic (exact) mass is 398 g/mol. The molecule has 2 rings (SSSR count). The molecule has 0 aliphatic heterocycles. The fourth-order valence-corrected chi connectivity index (χ4v) is 2.51. The van der Waals surface area contributed by atoms with E-state index in [0.29, 0.717) is 35.7 Å². The zero-order valence-corrected chi connectivity index (χ0v) is 16.8. The van der Waals surface area contributed by atoms with Crippen LogP contribution in [0.5, 0.6) is 0 Å². The topological polar surface area (TPSA) is 99.8 Å². The predicted octanol–water partition coefficient (Wildman–Crippen LogP) is 1.82. The molecule has 0 spiro atoms. The highest BCUT2D eigenvalue weighted by Crippen LogP contribution is 2.13. The van der Waals surface area contributed by atoms with Crippen LogP contribution in [-0.2, 0) is 9.53 Å². The molecule has 0 saturated heterocycles. The Labute approximate surface area is 170 Å². The standard InChI is InChI=1S/C21H26N4O4/c1-25(2)21(28)16-7-5-9-18(13-16)24-19(26)14-23-17-8-4-6-15(12-17)20(27)22-10-11-29-3/h4-9,12-13,23H,10-11,14H2,1-3H3,(H,22,27)(H,24,26). The molecule has 2 aromatic carbocycles. The Kier molecular flexibility index (Phi) is 8.17. The molecule has 0 aromatic heterocycles. The first kappa shape index (κ1) is 21.9. The maximum atomic E-state index is 12.2. The van der Waals surface area contributed by atoms with E-state index < -0.39 is 0 Å². The molecule has 0 atom stereocenters. The summed E-state index contributed by atoms with van der Waals surface area (Å²) < 4.78 is 4.91. The first-order valence-corrected chi connectivity index (χ1v) is 9.13. The van der Waals surface area contributed by atoms with Gasteiger partial charge in [0.1, 0.15) is 0 Å². The maximum absolute atomic E-state index is 12.2. The van der Waals surface area contributed by atoms with Crippen LogP contribution < -0.4 is 16.0 Å². The van der Waals surface area contributed by atoms with Crippen LogP contribution in [0, 0.1) is 0 Å². The third-order valence-corrected chi connectivity index (χ3v) is 3.97. The van der Waals surface area contributed by atoms with Crippen molar-refractivity contribution in [3.8, 4) is 0 Å². The van der Waals surface area contributed by atoms with E-state index in [2.05, 4.69) is 16.0 Å². The number of hydrogen-bond donors (Lipinski definition) is 3. The van der Waals surface area contributed by atoms with Gasteiger partial charge in [-0.05, 0) is 36.4 Å². The molecule has 0 heterocycles. The van der Waals surface area contributed by atoms with Crippen LogP contribution in [0.25, 0.3) is 0 Å². The van der Waals surface area contributed by atoms with Crippen LogP contribution in [0.2, 0.25) is 0 Å². The second-order valence-corrected chi connectivity index (χ2v) is 6.51. The molecule has 0 aliphatic carbocycles. The van der Waals surface area contributed by atoms with Crippen LogP contribution in [-0.4, -0.2) is 63.5 Å². The number of benzene rings is 2. The Balaban J connectivity index is 1.91. The fourth-order valence-electron chi connectivity index (χ4n) is 2.51. The average Bonchev–Trinajstić information content (AvgIpc) is 2.72. The van der Waals surface area contributed by atoms with Crippen molar-refractivity contribution in [1.29, 1.82) is 0 Å². The van der Waals surface area contributed by atoms with Gasteiger partial charge in [-0.15, -0.1) is 0 Å². The largest absolute Gasteiger partial charge is 0.383 e. The highest BCUT2D eigenvalue weighted by Gasteiger charge is 2.10. The summed E-state index contributed by atoms with van der Waals surface area (Å²) in [7, 11) is 4.91. The number of nitrogens with one attached hydrogen (secondary N) is 3. The second-order valence-electron chi connectivity index (χ2n) is 6.51. The predicted molar refractivity (Wildman–Crippen MR) is 112 cm³/mol. The van der Waals surface area contributed by atoms with E-state index in [9.17, 15) is 14.4 Å². The molecule has 0 radical (unpaired) electrons. The van der Waals surface area contributed by atoms with Crippen molar-refractivity contribution in [2.24, 2.45) is 0 Å². The summed E-state index contributed by atoms with van der Waals surface area (Å²) in [5.41, 5.74) is 2.17. The first-order valence-electron chi connectivity index (χ1n) is 9.13. The molecule has 0 saturated carbocycles. The van der Waals surface area contributed by atoms with E-state index in [1.54, 1.807) is 69.7 Å². The van der Waals surface area contributed by atoms with Gasteiger partial charge in [0.05, 0.1) is 13.2 Å². The first-order chi connectivity index (χ1) is 13.9.